The molecule has 0 unspecified atom stereocenters. The third-order valence-corrected chi connectivity index (χ3v) is 6.06. The number of nitrogens with zero attached hydrogens (tertiary/aromatic N) is 2. The van der Waals surface area contributed by atoms with Crippen molar-refractivity contribution in [2.45, 2.75) is 19.3 Å². The smallest absolute Gasteiger partial charge is 0.248 e. The van der Waals surface area contributed by atoms with E-state index in [9.17, 15) is 9.59 Å². The van der Waals surface area contributed by atoms with Crippen LogP contribution in [-0.2, 0) is 9.59 Å². The molecule has 3 aliphatic rings. The van der Waals surface area contributed by atoms with E-state index in [1.54, 1.807) is 6.08 Å². The molecule has 2 amide bonds. The van der Waals surface area contributed by atoms with Crippen molar-refractivity contribution in [3.63, 3.8) is 0 Å². The summed E-state index contributed by atoms with van der Waals surface area (Å²) in [6, 6.07) is 13.4. The molecule has 0 spiro atoms. The molecule has 7 heteroatoms. The molecule has 0 atom stereocenters. The van der Waals surface area contributed by atoms with Crippen LogP contribution in [0.1, 0.15) is 24.8 Å². The number of carbonyl (C=O) groups excluding carboxylic acids is 2. The normalized spacial score (nSPS) is 18.0. The van der Waals surface area contributed by atoms with Gasteiger partial charge >= 0.3 is 0 Å². The van der Waals surface area contributed by atoms with Crippen molar-refractivity contribution < 1.29 is 19.1 Å². The van der Waals surface area contributed by atoms with Crippen LogP contribution in [0.25, 0.3) is 6.08 Å². The van der Waals surface area contributed by atoms with Gasteiger partial charge in [-0.3, -0.25) is 9.59 Å². The van der Waals surface area contributed by atoms with Crippen molar-refractivity contribution >= 4 is 29.3 Å². The first-order valence-corrected chi connectivity index (χ1v) is 11.2. The van der Waals surface area contributed by atoms with Crippen molar-refractivity contribution in [2.75, 3.05) is 43.2 Å². The van der Waals surface area contributed by atoms with Gasteiger partial charge in [0.1, 0.15) is 0 Å². The maximum Gasteiger partial charge on any atom is 0.248 e. The Labute approximate surface area is 187 Å². The van der Waals surface area contributed by atoms with Crippen LogP contribution in [0, 0.1) is 5.92 Å². The zero-order chi connectivity index (χ0) is 21.9. The highest BCUT2D eigenvalue weighted by Gasteiger charge is 2.33. The van der Waals surface area contributed by atoms with Crippen molar-refractivity contribution in [1.82, 2.24) is 4.90 Å². The minimum absolute atomic E-state index is 0.195. The number of anilines is 2. The highest BCUT2D eigenvalue weighted by Crippen LogP contribution is 2.33. The third kappa shape index (κ3) is 4.72. The average molecular weight is 434 g/mol. The lowest BCUT2D eigenvalue weighted by Gasteiger charge is -2.24. The number of rotatable bonds is 5. The molecule has 1 aliphatic carbocycles. The van der Waals surface area contributed by atoms with Gasteiger partial charge in [0.15, 0.2) is 11.5 Å². The number of ether oxygens (including phenoxy) is 2. The molecule has 2 fully saturated rings. The Bertz CT molecular complexity index is 1030. The van der Waals surface area contributed by atoms with Gasteiger partial charge in [-0.25, -0.2) is 0 Å². The Morgan fingerprint density at radius 1 is 0.938 bits per heavy atom. The maximum absolute atomic E-state index is 12.3. The molecule has 2 aromatic rings. The Kier molecular flexibility index (Phi) is 5.71. The summed E-state index contributed by atoms with van der Waals surface area (Å²) in [5, 5.41) is 2.90. The summed E-state index contributed by atoms with van der Waals surface area (Å²) in [7, 11) is 0. The van der Waals surface area contributed by atoms with E-state index in [2.05, 4.69) is 10.2 Å². The summed E-state index contributed by atoms with van der Waals surface area (Å²) in [6.07, 6.45) is 6.33. The summed E-state index contributed by atoms with van der Waals surface area (Å²) >= 11 is 0. The van der Waals surface area contributed by atoms with Crippen LogP contribution in [0.4, 0.5) is 11.4 Å². The predicted octanol–water partition coefficient (Wildman–Crippen LogP) is 3.52. The van der Waals surface area contributed by atoms with Crippen molar-refractivity contribution in [2.24, 2.45) is 5.92 Å². The number of nitrogens with one attached hydrogen (secondary N) is 1. The summed E-state index contributed by atoms with van der Waals surface area (Å²) < 4.78 is 10.7. The van der Waals surface area contributed by atoms with Crippen LogP contribution in [0.5, 0.6) is 11.5 Å². The van der Waals surface area contributed by atoms with Gasteiger partial charge in [-0.05, 0) is 67.3 Å². The lowest BCUT2D eigenvalue weighted by Crippen LogP contribution is -2.36. The molecule has 0 bridgehead atoms. The largest absolute Gasteiger partial charge is 0.454 e. The van der Waals surface area contributed by atoms with E-state index >= 15 is 0 Å². The number of carbonyl (C=O) groups is 2. The predicted molar refractivity (Wildman–Crippen MR) is 123 cm³/mol. The van der Waals surface area contributed by atoms with Crippen LogP contribution < -0.4 is 19.7 Å². The summed E-state index contributed by atoms with van der Waals surface area (Å²) in [5.74, 6) is 1.83. The molecule has 2 heterocycles. The van der Waals surface area contributed by atoms with Gasteiger partial charge in [0.05, 0.1) is 0 Å². The van der Waals surface area contributed by atoms with Gasteiger partial charge in [-0.15, -0.1) is 0 Å². The number of hydrogen-bond acceptors (Lipinski definition) is 5. The Hall–Kier alpha value is -3.48. The van der Waals surface area contributed by atoms with E-state index in [-0.39, 0.29) is 18.6 Å². The molecule has 2 aliphatic heterocycles. The zero-order valence-electron chi connectivity index (χ0n) is 18.0. The third-order valence-electron chi connectivity index (χ3n) is 6.06. The number of amides is 2. The second-order valence-corrected chi connectivity index (χ2v) is 8.42. The molecule has 1 saturated carbocycles. The van der Waals surface area contributed by atoms with Gasteiger partial charge in [0.2, 0.25) is 18.6 Å². The van der Waals surface area contributed by atoms with E-state index < -0.39 is 0 Å². The lowest BCUT2D eigenvalue weighted by atomic mass is 10.2. The molecule has 7 nitrogen and oxygen atoms in total. The molecule has 1 N–H and O–H groups in total. The first-order chi connectivity index (χ1) is 15.7. The first kappa shape index (κ1) is 20.4. The Morgan fingerprint density at radius 3 is 2.56 bits per heavy atom. The van der Waals surface area contributed by atoms with Gasteiger partial charge in [0.25, 0.3) is 0 Å². The lowest BCUT2D eigenvalue weighted by molar-refractivity contribution is -0.132. The van der Waals surface area contributed by atoms with E-state index in [4.69, 9.17) is 9.47 Å². The molecule has 166 valence electrons. The van der Waals surface area contributed by atoms with Crippen molar-refractivity contribution in [1.29, 1.82) is 0 Å². The quantitative estimate of drug-likeness (QED) is 0.731. The molecule has 0 radical (unpaired) electrons. The fourth-order valence-electron chi connectivity index (χ4n) is 4.11. The second-order valence-electron chi connectivity index (χ2n) is 8.42. The molecule has 5 rings (SSSR count). The van der Waals surface area contributed by atoms with E-state index in [0.717, 1.165) is 68.1 Å². The van der Waals surface area contributed by atoms with Crippen LogP contribution in [0.15, 0.2) is 48.5 Å². The second kappa shape index (κ2) is 8.94. The molecular weight excluding hydrogens is 406 g/mol. The molecule has 32 heavy (non-hydrogen) atoms. The van der Waals surface area contributed by atoms with Gasteiger partial charge < -0.3 is 24.6 Å². The van der Waals surface area contributed by atoms with Crippen molar-refractivity contribution in [3.8, 4) is 11.5 Å². The van der Waals surface area contributed by atoms with Crippen LogP contribution >= 0.6 is 0 Å². The standard InChI is InChI=1S/C25H27N3O4/c29-24(11-3-18-2-10-22-23(16-18)32-17-31-22)26-20-6-8-21(9-7-20)27-12-1-13-28(15-14-27)25(30)19-4-5-19/h2-3,6-11,16,19H,1,4-5,12-15,17H2,(H,26,29). The number of benzene rings is 2. The van der Waals surface area contributed by atoms with Crippen LogP contribution in [-0.4, -0.2) is 49.7 Å². The number of hydrogen-bond donors (Lipinski definition) is 1. The first-order valence-electron chi connectivity index (χ1n) is 11.2. The van der Waals surface area contributed by atoms with Gasteiger partial charge in [-0.1, -0.05) is 6.07 Å². The van der Waals surface area contributed by atoms with Crippen molar-refractivity contribution in [3.05, 3.63) is 54.1 Å². The molecule has 2 aromatic carbocycles. The molecule has 0 aromatic heterocycles. The SMILES string of the molecule is O=C(C=Cc1ccc2c(c1)OCO2)Nc1ccc(N2CCCN(C(=O)C3CC3)CC2)cc1. The number of fused-ring (bicyclic) bond motifs is 1. The minimum atomic E-state index is -0.195. The minimum Gasteiger partial charge on any atom is -0.454 e. The molecule has 1 saturated heterocycles. The van der Waals surface area contributed by atoms with E-state index in [1.807, 2.05) is 47.4 Å². The van der Waals surface area contributed by atoms with Crippen LogP contribution in [0.3, 0.4) is 0 Å². The van der Waals surface area contributed by atoms with E-state index in [0.29, 0.717) is 11.7 Å². The van der Waals surface area contributed by atoms with Gasteiger partial charge in [-0.2, -0.15) is 0 Å². The molecular formula is C25H27N3O4. The monoisotopic (exact) mass is 433 g/mol. The van der Waals surface area contributed by atoms with Crippen LogP contribution in [0.2, 0.25) is 0 Å². The zero-order valence-corrected chi connectivity index (χ0v) is 18.0. The van der Waals surface area contributed by atoms with E-state index in [1.165, 1.54) is 6.08 Å². The highest BCUT2D eigenvalue weighted by molar-refractivity contribution is 6.02. The average Bonchev–Trinajstić information content (AvgIpc) is 3.60. The summed E-state index contributed by atoms with van der Waals surface area (Å²) in [5.41, 5.74) is 2.73. The summed E-state index contributed by atoms with van der Waals surface area (Å²) in [6.45, 7) is 3.61. The maximum atomic E-state index is 12.3. The summed E-state index contributed by atoms with van der Waals surface area (Å²) in [4.78, 5) is 29.0. The highest BCUT2D eigenvalue weighted by atomic mass is 16.7. The fourth-order valence-corrected chi connectivity index (χ4v) is 4.11. The topological polar surface area (TPSA) is 71.1 Å². The Morgan fingerprint density at radius 2 is 1.75 bits per heavy atom. The van der Waals surface area contributed by atoms with Gasteiger partial charge in [0, 0.05) is 49.5 Å². The Balaban J connectivity index is 1.15. The fraction of sp³-hybridized carbons (Fsp3) is 0.360.